The van der Waals surface area contributed by atoms with Crippen molar-refractivity contribution >= 4 is 34.2 Å². The zero-order chi connectivity index (χ0) is 27.5. The van der Waals surface area contributed by atoms with Crippen molar-refractivity contribution in [3.05, 3.63) is 97.2 Å². The van der Waals surface area contributed by atoms with Crippen LogP contribution in [0.1, 0.15) is 31.0 Å². The van der Waals surface area contributed by atoms with Crippen molar-refractivity contribution < 1.29 is 23.7 Å². The molecule has 1 aliphatic heterocycles. The topological polar surface area (TPSA) is 88.4 Å². The van der Waals surface area contributed by atoms with E-state index in [-0.39, 0.29) is 11.1 Å². The molecule has 5 rings (SSSR count). The monoisotopic (exact) mass is 544 g/mol. The van der Waals surface area contributed by atoms with Gasteiger partial charge in [-0.2, -0.15) is 0 Å². The van der Waals surface area contributed by atoms with Gasteiger partial charge in [0, 0.05) is 11.8 Å². The van der Waals surface area contributed by atoms with E-state index in [1.54, 1.807) is 19.2 Å². The number of carbonyl (C=O) groups excluding carboxylic acids is 1. The molecule has 2 heterocycles. The molecule has 1 atom stereocenters. The van der Waals surface area contributed by atoms with Crippen LogP contribution in [-0.2, 0) is 9.53 Å². The number of carbonyl (C=O) groups is 1. The first-order chi connectivity index (χ1) is 19.0. The fourth-order valence-electron chi connectivity index (χ4n) is 4.72. The van der Waals surface area contributed by atoms with Crippen molar-refractivity contribution in [1.29, 1.82) is 0 Å². The van der Waals surface area contributed by atoms with Crippen LogP contribution >= 0.6 is 11.3 Å². The number of rotatable bonds is 8. The molecule has 200 valence electrons. The van der Waals surface area contributed by atoms with Gasteiger partial charge >= 0.3 is 5.97 Å². The van der Waals surface area contributed by atoms with Gasteiger partial charge in [-0.3, -0.25) is 9.36 Å². The Balaban J connectivity index is 1.73. The molecule has 1 aliphatic rings. The largest absolute Gasteiger partial charge is 0.496 e. The molecule has 0 aliphatic carbocycles. The molecule has 0 amide bonds. The average molecular weight is 545 g/mol. The lowest BCUT2D eigenvalue weighted by molar-refractivity contribution is -0.136. The molecule has 39 heavy (non-hydrogen) atoms. The number of fused-ring (bicyclic) bond motifs is 2. The van der Waals surface area contributed by atoms with Crippen LogP contribution in [0.4, 0.5) is 0 Å². The van der Waals surface area contributed by atoms with Crippen LogP contribution in [0.5, 0.6) is 17.2 Å². The van der Waals surface area contributed by atoms with E-state index in [1.807, 2.05) is 62.4 Å². The van der Waals surface area contributed by atoms with Crippen LogP contribution in [0.3, 0.4) is 0 Å². The fraction of sp³-hybridized carbons (Fsp3) is 0.233. The van der Waals surface area contributed by atoms with E-state index in [2.05, 4.69) is 4.99 Å². The summed E-state index contributed by atoms with van der Waals surface area (Å²) in [5.41, 5.74) is 1.43. The Labute approximate surface area is 229 Å². The standard InChI is InChI=1S/C30H28N2O6S/c1-5-37-24-14-12-19(15-25(24)38-6-2)27-22(29(34)36-4)17-31-30-32(27)28(33)26(39-30)16-21-20-10-8-7-9-18(20)11-13-23(21)35-3/h7-17,27H,5-6H2,1-4H3/b26-16+/t27-/m0/s1. The van der Waals surface area contributed by atoms with Crippen molar-refractivity contribution in [3.63, 3.8) is 0 Å². The normalized spacial score (nSPS) is 14.8. The van der Waals surface area contributed by atoms with Gasteiger partial charge in [0.05, 0.1) is 43.6 Å². The second-order valence-corrected chi connectivity index (χ2v) is 9.66. The zero-order valence-corrected chi connectivity index (χ0v) is 22.9. The number of methoxy groups -OCH3 is 2. The van der Waals surface area contributed by atoms with Gasteiger partial charge in [0.2, 0.25) is 0 Å². The first-order valence-corrected chi connectivity index (χ1v) is 13.4. The SMILES string of the molecule is CCOc1ccc([C@H]2C(C(=O)OC)=CN=c3s/c(=C/c4c(OC)ccc5ccccc45)c(=O)n32)cc1OCC. The number of ether oxygens (including phenoxy) is 4. The van der Waals surface area contributed by atoms with E-state index in [1.165, 1.54) is 29.2 Å². The van der Waals surface area contributed by atoms with Crippen molar-refractivity contribution in [1.82, 2.24) is 4.57 Å². The molecule has 0 fully saturated rings. The number of hydrogen-bond acceptors (Lipinski definition) is 8. The lowest BCUT2D eigenvalue weighted by atomic mass is 9.97. The Morgan fingerprint density at radius 3 is 2.49 bits per heavy atom. The van der Waals surface area contributed by atoms with Crippen molar-refractivity contribution in [2.75, 3.05) is 27.4 Å². The highest BCUT2D eigenvalue weighted by Crippen LogP contribution is 2.35. The van der Waals surface area contributed by atoms with Gasteiger partial charge in [-0.15, -0.1) is 0 Å². The smallest absolute Gasteiger partial charge is 0.337 e. The van der Waals surface area contributed by atoms with Gasteiger partial charge in [-0.25, -0.2) is 9.79 Å². The first-order valence-electron chi connectivity index (χ1n) is 12.5. The Hall–Kier alpha value is -4.37. The van der Waals surface area contributed by atoms with E-state index in [0.717, 1.165) is 16.3 Å². The summed E-state index contributed by atoms with van der Waals surface area (Å²) in [6.07, 6.45) is 3.30. The highest BCUT2D eigenvalue weighted by Gasteiger charge is 2.31. The third kappa shape index (κ3) is 4.81. The molecule has 3 aromatic carbocycles. The van der Waals surface area contributed by atoms with Crippen molar-refractivity contribution in [2.45, 2.75) is 19.9 Å². The summed E-state index contributed by atoms with van der Waals surface area (Å²) < 4.78 is 24.2. The Morgan fingerprint density at radius 2 is 1.74 bits per heavy atom. The van der Waals surface area contributed by atoms with E-state index >= 15 is 0 Å². The first kappa shape index (κ1) is 26.2. The van der Waals surface area contributed by atoms with E-state index in [9.17, 15) is 9.59 Å². The average Bonchev–Trinajstić information content (AvgIpc) is 3.28. The lowest BCUT2D eigenvalue weighted by Crippen LogP contribution is -2.39. The maximum atomic E-state index is 14.0. The van der Waals surface area contributed by atoms with Crippen LogP contribution in [0.15, 0.2) is 76.2 Å². The number of thiazole rings is 1. The van der Waals surface area contributed by atoms with Crippen molar-refractivity contribution in [3.8, 4) is 17.2 Å². The predicted octanol–water partition coefficient (Wildman–Crippen LogP) is 3.98. The summed E-state index contributed by atoms with van der Waals surface area (Å²) in [5, 5.41) is 1.99. The summed E-state index contributed by atoms with van der Waals surface area (Å²) in [6.45, 7) is 4.68. The molecule has 0 spiro atoms. The number of hydrogen-bond donors (Lipinski definition) is 0. The van der Waals surface area contributed by atoms with Crippen LogP contribution in [0, 0.1) is 0 Å². The molecule has 0 saturated carbocycles. The third-order valence-corrected chi connectivity index (χ3v) is 7.43. The van der Waals surface area contributed by atoms with Crippen LogP contribution in [-0.4, -0.2) is 38.0 Å². The van der Waals surface area contributed by atoms with Gasteiger partial charge in [-0.05, 0) is 54.5 Å². The number of nitrogens with zero attached hydrogens (tertiary/aromatic N) is 2. The van der Waals surface area contributed by atoms with Gasteiger partial charge < -0.3 is 18.9 Å². The van der Waals surface area contributed by atoms with Gasteiger partial charge in [-0.1, -0.05) is 47.7 Å². The molecule has 0 unspecified atom stereocenters. The van der Waals surface area contributed by atoms with Crippen LogP contribution in [0.2, 0.25) is 0 Å². The second-order valence-electron chi connectivity index (χ2n) is 8.65. The summed E-state index contributed by atoms with van der Waals surface area (Å²) in [7, 11) is 2.91. The minimum Gasteiger partial charge on any atom is -0.496 e. The molecule has 4 aromatic rings. The van der Waals surface area contributed by atoms with E-state index < -0.39 is 12.0 Å². The fourth-order valence-corrected chi connectivity index (χ4v) is 5.67. The van der Waals surface area contributed by atoms with Gasteiger partial charge in [0.25, 0.3) is 5.56 Å². The molecular weight excluding hydrogens is 516 g/mol. The molecule has 8 nitrogen and oxygen atoms in total. The minimum absolute atomic E-state index is 0.241. The van der Waals surface area contributed by atoms with E-state index in [4.69, 9.17) is 18.9 Å². The number of esters is 1. The molecule has 1 aromatic heterocycles. The zero-order valence-electron chi connectivity index (χ0n) is 22.1. The van der Waals surface area contributed by atoms with Crippen LogP contribution in [0.25, 0.3) is 16.8 Å². The maximum Gasteiger partial charge on any atom is 0.337 e. The number of aromatic nitrogens is 1. The van der Waals surface area contributed by atoms with Gasteiger partial charge in [0.1, 0.15) is 5.75 Å². The van der Waals surface area contributed by atoms with Crippen molar-refractivity contribution in [2.24, 2.45) is 4.99 Å². The highest BCUT2D eigenvalue weighted by molar-refractivity contribution is 7.07. The minimum atomic E-state index is -0.764. The summed E-state index contributed by atoms with van der Waals surface area (Å²) >= 11 is 1.25. The Bertz CT molecular complexity index is 1770. The summed E-state index contributed by atoms with van der Waals surface area (Å²) in [4.78, 5) is 31.7. The number of benzene rings is 3. The Kier molecular flexibility index (Phi) is 7.51. The molecule has 9 heteroatoms. The lowest BCUT2D eigenvalue weighted by Gasteiger charge is -2.23. The molecule has 0 radical (unpaired) electrons. The second kappa shape index (κ2) is 11.2. The molecule has 0 saturated heterocycles. The molecule has 0 bridgehead atoms. The quantitative estimate of drug-likeness (QED) is 0.312. The molecular formula is C30H28N2O6S. The predicted molar refractivity (Wildman–Crippen MR) is 150 cm³/mol. The van der Waals surface area contributed by atoms with E-state index in [0.29, 0.717) is 45.4 Å². The summed E-state index contributed by atoms with van der Waals surface area (Å²) in [6, 6.07) is 16.4. The molecule has 0 N–H and O–H groups in total. The van der Waals surface area contributed by atoms with Crippen LogP contribution < -0.4 is 29.1 Å². The third-order valence-electron chi connectivity index (χ3n) is 6.43. The maximum absolute atomic E-state index is 14.0. The summed E-state index contributed by atoms with van der Waals surface area (Å²) in [5.74, 6) is 1.20. The highest BCUT2D eigenvalue weighted by atomic mass is 32.1. The van der Waals surface area contributed by atoms with Gasteiger partial charge in [0.15, 0.2) is 16.3 Å². The Morgan fingerprint density at radius 1 is 1.00 bits per heavy atom.